The van der Waals surface area contributed by atoms with Crippen LogP contribution in [0.5, 0.6) is 0 Å². The van der Waals surface area contributed by atoms with Crippen molar-refractivity contribution in [2.24, 2.45) is 0 Å². The number of para-hydroxylation sites is 1. The third-order valence-corrected chi connectivity index (χ3v) is 4.47. The smallest absolute Gasteiger partial charge is 0.264 e. The summed E-state index contributed by atoms with van der Waals surface area (Å²) in [7, 11) is 0. The third-order valence-electron chi connectivity index (χ3n) is 4.47. The van der Waals surface area contributed by atoms with Gasteiger partial charge < -0.3 is 5.32 Å². The van der Waals surface area contributed by atoms with Crippen LogP contribution < -0.4 is 10.9 Å². The van der Waals surface area contributed by atoms with Gasteiger partial charge in [0.1, 0.15) is 5.39 Å². The predicted molar refractivity (Wildman–Crippen MR) is 108 cm³/mol. The van der Waals surface area contributed by atoms with E-state index in [0.717, 1.165) is 16.9 Å². The van der Waals surface area contributed by atoms with Crippen molar-refractivity contribution in [1.29, 1.82) is 0 Å². The number of amides is 1. The summed E-state index contributed by atoms with van der Waals surface area (Å²) in [4.78, 5) is 29.3. The Kier molecular flexibility index (Phi) is 4.72. The van der Waals surface area contributed by atoms with Gasteiger partial charge in [-0.3, -0.25) is 14.2 Å². The van der Waals surface area contributed by atoms with Gasteiger partial charge in [0.05, 0.1) is 18.2 Å². The van der Waals surface area contributed by atoms with E-state index in [-0.39, 0.29) is 24.4 Å². The van der Waals surface area contributed by atoms with Crippen LogP contribution in [0.4, 0.5) is 5.69 Å². The highest BCUT2D eigenvalue weighted by Crippen LogP contribution is 2.13. The van der Waals surface area contributed by atoms with E-state index >= 15 is 0 Å². The van der Waals surface area contributed by atoms with Crippen molar-refractivity contribution < 1.29 is 4.79 Å². The molecule has 0 bridgehead atoms. The quantitative estimate of drug-likeness (QED) is 0.583. The zero-order chi connectivity index (χ0) is 19.5. The molecule has 1 amide bonds. The molecule has 2 aromatic carbocycles. The summed E-state index contributed by atoms with van der Waals surface area (Å²) in [5.74, 6) is -0.157. The number of aryl methyl sites for hydroxylation is 2. The van der Waals surface area contributed by atoms with Gasteiger partial charge in [0, 0.05) is 18.7 Å². The van der Waals surface area contributed by atoms with E-state index < -0.39 is 0 Å². The molecule has 0 aliphatic rings. The highest BCUT2D eigenvalue weighted by atomic mass is 16.2. The van der Waals surface area contributed by atoms with E-state index in [1.165, 1.54) is 17.1 Å². The molecule has 7 heteroatoms. The molecule has 0 aliphatic heterocycles. The van der Waals surface area contributed by atoms with Crippen LogP contribution in [0.2, 0.25) is 0 Å². The maximum atomic E-state index is 12.7. The van der Waals surface area contributed by atoms with Gasteiger partial charge in [0.15, 0.2) is 5.65 Å². The Bertz CT molecular complexity index is 1180. The van der Waals surface area contributed by atoms with Crippen LogP contribution in [0.1, 0.15) is 12.0 Å². The Morgan fingerprint density at radius 3 is 2.57 bits per heavy atom. The molecule has 0 aliphatic carbocycles. The monoisotopic (exact) mass is 373 g/mol. The van der Waals surface area contributed by atoms with Gasteiger partial charge in [0.25, 0.3) is 5.56 Å². The number of aromatic nitrogens is 4. The van der Waals surface area contributed by atoms with Gasteiger partial charge in [-0.15, -0.1) is 0 Å². The van der Waals surface area contributed by atoms with E-state index in [0.29, 0.717) is 11.0 Å². The molecule has 4 aromatic rings. The molecule has 0 saturated heterocycles. The predicted octanol–water partition coefficient (Wildman–Crippen LogP) is 2.92. The van der Waals surface area contributed by atoms with Crippen molar-refractivity contribution in [3.05, 3.63) is 83.0 Å². The van der Waals surface area contributed by atoms with Crippen molar-refractivity contribution in [2.45, 2.75) is 19.9 Å². The van der Waals surface area contributed by atoms with E-state index in [1.54, 1.807) is 4.68 Å². The van der Waals surface area contributed by atoms with Crippen LogP contribution in [-0.4, -0.2) is 25.2 Å². The SMILES string of the molecule is Cc1ccc(NC(=O)CCn2cnc3c(cnn3-c3ccccc3)c2=O)cc1. The molecule has 2 heterocycles. The first kappa shape index (κ1) is 17.7. The molecule has 0 fully saturated rings. The number of hydrogen-bond acceptors (Lipinski definition) is 4. The first-order valence-electron chi connectivity index (χ1n) is 8.97. The van der Waals surface area contributed by atoms with Gasteiger partial charge in [-0.25, -0.2) is 9.67 Å². The van der Waals surface area contributed by atoms with Crippen molar-refractivity contribution in [2.75, 3.05) is 5.32 Å². The zero-order valence-corrected chi connectivity index (χ0v) is 15.4. The molecular formula is C21H19N5O2. The number of hydrogen-bond donors (Lipinski definition) is 1. The lowest BCUT2D eigenvalue weighted by molar-refractivity contribution is -0.116. The summed E-state index contributed by atoms with van der Waals surface area (Å²) in [6.07, 6.45) is 3.15. The lowest BCUT2D eigenvalue weighted by Crippen LogP contribution is -2.23. The van der Waals surface area contributed by atoms with Gasteiger partial charge in [-0.1, -0.05) is 35.9 Å². The largest absolute Gasteiger partial charge is 0.326 e. The Hall–Kier alpha value is -3.74. The van der Waals surface area contributed by atoms with Crippen LogP contribution in [0, 0.1) is 6.92 Å². The molecule has 140 valence electrons. The van der Waals surface area contributed by atoms with Crippen LogP contribution in [0.25, 0.3) is 16.7 Å². The van der Waals surface area contributed by atoms with Gasteiger partial charge >= 0.3 is 0 Å². The Balaban J connectivity index is 1.50. The minimum atomic E-state index is -0.213. The summed E-state index contributed by atoms with van der Waals surface area (Å²) in [6.45, 7) is 2.23. The molecule has 28 heavy (non-hydrogen) atoms. The molecule has 0 atom stereocenters. The summed E-state index contributed by atoms with van der Waals surface area (Å²) < 4.78 is 3.07. The lowest BCUT2D eigenvalue weighted by Gasteiger charge is -2.08. The van der Waals surface area contributed by atoms with Crippen LogP contribution in [-0.2, 0) is 11.3 Å². The summed E-state index contributed by atoms with van der Waals surface area (Å²) in [5, 5.41) is 7.54. The van der Waals surface area contributed by atoms with Crippen LogP contribution in [0.3, 0.4) is 0 Å². The van der Waals surface area contributed by atoms with E-state index in [1.807, 2.05) is 61.5 Å². The average Bonchev–Trinajstić information content (AvgIpc) is 3.15. The molecule has 0 radical (unpaired) electrons. The van der Waals surface area contributed by atoms with Crippen molar-refractivity contribution in [1.82, 2.24) is 19.3 Å². The van der Waals surface area contributed by atoms with E-state index in [9.17, 15) is 9.59 Å². The highest BCUT2D eigenvalue weighted by molar-refractivity contribution is 5.90. The molecule has 1 N–H and O–H groups in total. The molecular weight excluding hydrogens is 354 g/mol. The topological polar surface area (TPSA) is 81.8 Å². The Labute approximate surface area is 161 Å². The normalized spacial score (nSPS) is 10.9. The number of carbonyl (C=O) groups is 1. The molecule has 0 saturated carbocycles. The van der Waals surface area contributed by atoms with Crippen LogP contribution in [0.15, 0.2) is 71.9 Å². The number of anilines is 1. The van der Waals surface area contributed by atoms with E-state index in [2.05, 4.69) is 15.4 Å². The van der Waals surface area contributed by atoms with Crippen molar-refractivity contribution in [3.63, 3.8) is 0 Å². The first-order valence-corrected chi connectivity index (χ1v) is 8.97. The average molecular weight is 373 g/mol. The summed E-state index contributed by atoms with van der Waals surface area (Å²) >= 11 is 0. The Morgan fingerprint density at radius 1 is 1.07 bits per heavy atom. The third kappa shape index (κ3) is 3.55. The zero-order valence-electron chi connectivity index (χ0n) is 15.4. The van der Waals surface area contributed by atoms with Gasteiger partial charge in [0.2, 0.25) is 5.91 Å². The second-order valence-corrected chi connectivity index (χ2v) is 6.54. The minimum Gasteiger partial charge on any atom is -0.326 e. The van der Waals surface area contributed by atoms with Crippen LogP contribution >= 0.6 is 0 Å². The standard InChI is InChI=1S/C21H19N5O2/c1-15-7-9-16(10-8-15)24-19(27)11-12-25-14-22-20-18(21(25)28)13-23-26(20)17-5-3-2-4-6-17/h2-10,13-14H,11-12H2,1H3,(H,24,27). The van der Waals surface area contributed by atoms with Crippen molar-refractivity contribution in [3.8, 4) is 5.69 Å². The number of nitrogens with zero attached hydrogens (tertiary/aromatic N) is 4. The highest BCUT2D eigenvalue weighted by Gasteiger charge is 2.12. The van der Waals surface area contributed by atoms with E-state index in [4.69, 9.17) is 0 Å². The molecule has 0 spiro atoms. The Morgan fingerprint density at radius 2 is 1.82 bits per heavy atom. The molecule has 0 unspecified atom stereocenters. The summed E-state index contributed by atoms with van der Waals surface area (Å²) in [5.41, 5.74) is 2.98. The number of nitrogens with one attached hydrogen (secondary N) is 1. The minimum absolute atomic E-state index is 0.157. The fraction of sp³-hybridized carbons (Fsp3) is 0.143. The molecule has 2 aromatic heterocycles. The number of benzene rings is 2. The van der Waals surface area contributed by atoms with Crippen molar-refractivity contribution >= 4 is 22.6 Å². The lowest BCUT2D eigenvalue weighted by atomic mass is 10.2. The van der Waals surface area contributed by atoms with Gasteiger partial charge in [-0.05, 0) is 31.2 Å². The number of fused-ring (bicyclic) bond motifs is 1. The van der Waals surface area contributed by atoms with Gasteiger partial charge in [-0.2, -0.15) is 5.10 Å². The maximum absolute atomic E-state index is 12.7. The molecule has 4 rings (SSSR count). The number of carbonyl (C=O) groups excluding carboxylic acids is 1. The fourth-order valence-electron chi connectivity index (χ4n) is 2.95. The maximum Gasteiger partial charge on any atom is 0.264 e. The second kappa shape index (κ2) is 7.48. The summed E-state index contributed by atoms with van der Waals surface area (Å²) in [6, 6.07) is 17.1. The second-order valence-electron chi connectivity index (χ2n) is 6.54. The number of rotatable bonds is 5. The first-order chi connectivity index (χ1) is 13.6. The fourth-order valence-corrected chi connectivity index (χ4v) is 2.95. The molecule has 7 nitrogen and oxygen atoms in total.